The van der Waals surface area contributed by atoms with Crippen molar-refractivity contribution in [3.8, 4) is 0 Å². The Morgan fingerprint density at radius 3 is 2.62 bits per heavy atom. The van der Waals surface area contributed by atoms with E-state index >= 15 is 0 Å². The molecule has 1 aromatic rings. The zero-order chi connectivity index (χ0) is 14.7. The minimum atomic E-state index is -0.825. The number of carboxylic acid groups (broad SMARTS) is 1. The van der Waals surface area contributed by atoms with E-state index in [0.29, 0.717) is 6.42 Å². The molecule has 5 heteroatoms. The van der Waals surface area contributed by atoms with Crippen LogP contribution in [0.3, 0.4) is 0 Å². The minimum Gasteiger partial charge on any atom is -0.480 e. The molecule has 0 amide bonds. The van der Waals surface area contributed by atoms with Crippen LogP contribution in [0.5, 0.6) is 0 Å². The molecule has 3 rings (SSSR count). The van der Waals surface area contributed by atoms with E-state index in [1.165, 1.54) is 5.56 Å². The van der Waals surface area contributed by atoms with Gasteiger partial charge < -0.3 is 9.84 Å². The van der Waals surface area contributed by atoms with Crippen molar-refractivity contribution in [3.63, 3.8) is 0 Å². The van der Waals surface area contributed by atoms with Gasteiger partial charge in [0.2, 0.25) is 0 Å². The van der Waals surface area contributed by atoms with Crippen LogP contribution in [0.1, 0.15) is 24.0 Å². The first-order valence-corrected chi connectivity index (χ1v) is 7.41. The number of carboxylic acids is 1. The van der Waals surface area contributed by atoms with E-state index in [1.807, 2.05) is 0 Å². The zero-order valence-corrected chi connectivity index (χ0v) is 12.0. The average molecular weight is 288 g/mol. The number of aliphatic carboxylic acids is 1. The van der Waals surface area contributed by atoms with E-state index < -0.39 is 12.0 Å². The molecule has 0 radical (unpaired) electrons. The van der Waals surface area contributed by atoms with Gasteiger partial charge in [0, 0.05) is 25.3 Å². The third-order valence-corrected chi connectivity index (χ3v) is 4.05. The van der Waals surface area contributed by atoms with Gasteiger partial charge in [0.25, 0.3) is 0 Å². The van der Waals surface area contributed by atoms with Crippen LogP contribution in [0.15, 0.2) is 29.3 Å². The van der Waals surface area contributed by atoms with Gasteiger partial charge in [0.05, 0.1) is 13.2 Å². The predicted molar refractivity (Wildman–Crippen MR) is 79.7 cm³/mol. The van der Waals surface area contributed by atoms with E-state index in [1.54, 1.807) is 0 Å². The Balaban J connectivity index is 1.64. The molecule has 0 unspecified atom stereocenters. The van der Waals surface area contributed by atoms with Gasteiger partial charge in [-0.15, -0.1) is 0 Å². The van der Waals surface area contributed by atoms with Crippen LogP contribution >= 0.6 is 0 Å². The average Bonchev–Trinajstić information content (AvgIpc) is 2.99. The molecule has 1 saturated heterocycles. The van der Waals surface area contributed by atoms with Crippen molar-refractivity contribution >= 4 is 11.7 Å². The lowest BCUT2D eigenvalue weighted by Crippen LogP contribution is -2.35. The normalized spacial score (nSPS) is 23.0. The second-order valence-corrected chi connectivity index (χ2v) is 5.55. The van der Waals surface area contributed by atoms with Crippen molar-refractivity contribution in [1.82, 2.24) is 4.90 Å². The number of hydrogen-bond donors (Lipinski definition) is 1. The monoisotopic (exact) mass is 288 g/mol. The lowest BCUT2D eigenvalue weighted by molar-refractivity contribution is -0.138. The Morgan fingerprint density at radius 2 is 2.00 bits per heavy atom. The van der Waals surface area contributed by atoms with Crippen molar-refractivity contribution in [2.45, 2.75) is 25.4 Å². The Morgan fingerprint density at radius 1 is 1.29 bits per heavy atom. The number of carbonyl (C=O) groups is 1. The van der Waals surface area contributed by atoms with Crippen molar-refractivity contribution < 1.29 is 14.6 Å². The van der Waals surface area contributed by atoms with Crippen LogP contribution in [0.4, 0.5) is 0 Å². The fraction of sp³-hybridized carbons (Fsp3) is 0.500. The summed E-state index contributed by atoms with van der Waals surface area (Å²) < 4.78 is 5.35. The molecular formula is C16H20N2O3. The quantitative estimate of drug-likeness (QED) is 0.913. The molecular weight excluding hydrogens is 268 g/mol. The lowest BCUT2D eigenvalue weighted by Gasteiger charge is -2.26. The first-order valence-electron chi connectivity index (χ1n) is 7.41. The maximum atomic E-state index is 10.9. The molecule has 0 bridgehead atoms. The van der Waals surface area contributed by atoms with Crippen LogP contribution in [-0.2, 0) is 16.1 Å². The van der Waals surface area contributed by atoms with Crippen LogP contribution in [0, 0.1) is 0 Å². The highest BCUT2D eigenvalue weighted by Gasteiger charge is 2.24. The first kappa shape index (κ1) is 14.2. The molecule has 0 aromatic heterocycles. The number of ether oxygens (including phenoxy) is 1. The molecule has 21 heavy (non-hydrogen) atoms. The molecule has 0 saturated carbocycles. The third kappa shape index (κ3) is 3.49. The van der Waals surface area contributed by atoms with Gasteiger partial charge in [-0.2, -0.15) is 0 Å². The Labute approximate surface area is 124 Å². The number of nitrogens with zero attached hydrogens (tertiary/aromatic N) is 2. The van der Waals surface area contributed by atoms with Gasteiger partial charge >= 0.3 is 5.97 Å². The number of hydrogen-bond acceptors (Lipinski definition) is 4. The minimum absolute atomic E-state index is 0.562. The zero-order valence-electron chi connectivity index (χ0n) is 12.0. The van der Waals surface area contributed by atoms with Crippen molar-refractivity contribution in [1.29, 1.82) is 0 Å². The maximum Gasteiger partial charge on any atom is 0.328 e. The van der Waals surface area contributed by atoms with E-state index in [2.05, 4.69) is 34.2 Å². The summed E-state index contributed by atoms with van der Waals surface area (Å²) in [5.41, 5.74) is 3.24. The van der Waals surface area contributed by atoms with Gasteiger partial charge in [-0.1, -0.05) is 24.3 Å². The van der Waals surface area contributed by atoms with Gasteiger partial charge in [-0.05, 0) is 24.0 Å². The van der Waals surface area contributed by atoms with E-state index in [-0.39, 0.29) is 0 Å². The van der Waals surface area contributed by atoms with E-state index in [4.69, 9.17) is 9.84 Å². The van der Waals surface area contributed by atoms with Gasteiger partial charge in [0.1, 0.15) is 6.04 Å². The summed E-state index contributed by atoms with van der Waals surface area (Å²) >= 11 is 0. The predicted octanol–water partition coefficient (Wildman–Crippen LogP) is 1.55. The highest BCUT2D eigenvalue weighted by atomic mass is 16.5. The third-order valence-electron chi connectivity index (χ3n) is 4.05. The first-order chi connectivity index (χ1) is 10.2. The van der Waals surface area contributed by atoms with Gasteiger partial charge in [0.15, 0.2) is 0 Å². The molecule has 1 fully saturated rings. The molecule has 2 aliphatic rings. The molecule has 2 heterocycles. The van der Waals surface area contributed by atoms with Gasteiger partial charge in [-0.3, -0.25) is 9.89 Å². The Hall–Kier alpha value is -1.72. The smallest absolute Gasteiger partial charge is 0.328 e. The second kappa shape index (κ2) is 6.37. The molecule has 112 valence electrons. The summed E-state index contributed by atoms with van der Waals surface area (Å²) in [6.45, 7) is 4.52. The van der Waals surface area contributed by atoms with E-state index in [9.17, 15) is 4.79 Å². The highest BCUT2D eigenvalue weighted by Crippen LogP contribution is 2.19. The Bertz CT molecular complexity index is 533. The lowest BCUT2D eigenvalue weighted by atomic mass is 10.0. The van der Waals surface area contributed by atoms with Crippen LogP contribution in [-0.4, -0.2) is 54.0 Å². The summed E-state index contributed by atoms with van der Waals surface area (Å²) in [6.07, 6.45) is 1.36. The number of morpholine rings is 1. The Kier molecular flexibility index (Phi) is 4.31. The van der Waals surface area contributed by atoms with Crippen molar-refractivity contribution in [2.24, 2.45) is 4.99 Å². The largest absolute Gasteiger partial charge is 0.480 e. The molecule has 5 nitrogen and oxygen atoms in total. The summed E-state index contributed by atoms with van der Waals surface area (Å²) in [7, 11) is 0. The molecule has 1 N–H and O–H groups in total. The standard InChI is InChI=1S/C16H20N2O3/c19-16(20)15-6-5-14(17-15)13-3-1-12(2-4-13)11-18-7-9-21-10-8-18/h1-4,15H,5-11H2,(H,19,20)/t15-/m0/s1. The molecule has 1 atom stereocenters. The summed E-state index contributed by atoms with van der Waals surface area (Å²) in [6, 6.07) is 7.77. The summed E-state index contributed by atoms with van der Waals surface area (Å²) in [5, 5.41) is 8.98. The number of benzene rings is 1. The fourth-order valence-corrected chi connectivity index (χ4v) is 2.81. The van der Waals surface area contributed by atoms with Crippen LogP contribution < -0.4 is 0 Å². The molecule has 2 aliphatic heterocycles. The van der Waals surface area contributed by atoms with Crippen molar-refractivity contribution in [3.05, 3.63) is 35.4 Å². The second-order valence-electron chi connectivity index (χ2n) is 5.55. The molecule has 1 aromatic carbocycles. The van der Waals surface area contributed by atoms with E-state index in [0.717, 1.165) is 50.5 Å². The number of rotatable bonds is 4. The van der Waals surface area contributed by atoms with Crippen molar-refractivity contribution in [2.75, 3.05) is 26.3 Å². The maximum absolute atomic E-state index is 10.9. The summed E-state index contributed by atoms with van der Waals surface area (Å²) in [5.74, 6) is -0.825. The summed E-state index contributed by atoms with van der Waals surface area (Å²) in [4.78, 5) is 17.6. The number of aliphatic imine (C=N–C) groups is 1. The molecule has 0 spiro atoms. The van der Waals surface area contributed by atoms with Crippen LogP contribution in [0.2, 0.25) is 0 Å². The van der Waals surface area contributed by atoms with Crippen LogP contribution in [0.25, 0.3) is 0 Å². The highest BCUT2D eigenvalue weighted by molar-refractivity contribution is 6.03. The SMILES string of the molecule is O=C(O)[C@@H]1CCC(c2ccc(CN3CCOCC3)cc2)=N1. The van der Waals surface area contributed by atoms with Gasteiger partial charge in [-0.25, -0.2) is 4.79 Å². The fourth-order valence-electron chi connectivity index (χ4n) is 2.81. The molecule has 0 aliphatic carbocycles. The topological polar surface area (TPSA) is 62.1 Å².